The zero-order valence-electron chi connectivity index (χ0n) is 10.2. The molecular formula is C12H15F3N2O. The fourth-order valence-corrected chi connectivity index (χ4v) is 1.51. The van der Waals surface area contributed by atoms with E-state index in [4.69, 9.17) is 5.73 Å². The third-order valence-electron chi connectivity index (χ3n) is 2.62. The number of hydrogen-bond acceptors (Lipinski definition) is 2. The van der Waals surface area contributed by atoms with Crippen LogP contribution in [0.3, 0.4) is 0 Å². The van der Waals surface area contributed by atoms with Gasteiger partial charge in [-0.3, -0.25) is 4.79 Å². The van der Waals surface area contributed by atoms with Crippen molar-refractivity contribution in [3.8, 4) is 0 Å². The molecule has 0 saturated carbocycles. The second-order valence-electron chi connectivity index (χ2n) is 4.14. The molecule has 0 unspecified atom stereocenters. The number of rotatable bonds is 3. The predicted octanol–water partition coefficient (Wildman–Crippen LogP) is 3.17. The van der Waals surface area contributed by atoms with Crippen molar-refractivity contribution >= 4 is 17.3 Å². The van der Waals surface area contributed by atoms with Gasteiger partial charge >= 0.3 is 6.18 Å². The van der Waals surface area contributed by atoms with Crippen molar-refractivity contribution < 1.29 is 18.0 Å². The summed E-state index contributed by atoms with van der Waals surface area (Å²) in [6.07, 6.45) is -6.03. The van der Waals surface area contributed by atoms with Crippen LogP contribution < -0.4 is 11.1 Å². The summed E-state index contributed by atoms with van der Waals surface area (Å²) < 4.78 is 35.9. The van der Waals surface area contributed by atoms with Gasteiger partial charge in [-0.25, -0.2) is 0 Å². The Kier molecular flexibility index (Phi) is 4.21. The minimum absolute atomic E-state index is 0.488. The molecule has 0 fully saturated rings. The lowest BCUT2D eigenvalue weighted by Gasteiger charge is -2.13. The van der Waals surface area contributed by atoms with E-state index in [0.717, 1.165) is 5.56 Å². The van der Waals surface area contributed by atoms with Gasteiger partial charge in [0.1, 0.15) is 0 Å². The largest absolute Gasteiger partial charge is 0.398 e. The molecule has 100 valence electrons. The van der Waals surface area contributed by atoms with Crippen LogP contribution in [0.4, 0.5) is 24.5 Å². The molecule has 0 radical (unpaired) electrons. The van der Waals surface area contributed by atoms with E-state index in [1.165, 1.54) is 0 Å². The maximum Gasteiger partial charge on any atom is 0.389 e. The number of nitrogens with two attached hydrogens (primary N) is 1. The molecule has 0 aliphatic rings. The number of anilines is 2. The van der Waals surface area contributed by atoms with E-state index in [1.54, 1.807) is 26.0 Å². The van der Waals surface area contributed by atoms with Gasteiger partial charge in [-0.05, 0) is 31.0 Å². The van der Waals surface area contributed by atoms with Crippen molar-refractivity contribution in [2.45, 2.75) is 32.9 Å². The summed E-state index contributed by atoms with van der Waals surface area (Å²) in [6, 6.07) is 3.40. The molecule has 1 amide bonds. The van der Waals surface area contributed by atoms with Crippen molar-refractivity contribution in [1.29, 1.82) is 0 Å². The summed E-state index contributed by atoms with van der Waals surface area (Å²) in [4.78, 5) is 11.4. The van der Waals surface area contributed by atoms with Gasteiger partial charge < -0.3 is 11.1 Å². The Hall–Kier alpha value is -1.72. The van der Waals surface area contributed by atoms with Crippen molar-refractivity contribution in [1.82, 2.24) is 0 Å². The first-order valence-electron chi connectivity index (χ1n) is 5.43. The molecule has 0 heterocycles. The minimum Gasteiger partial charge on any atom is -0.398 e. The number of alkyl halides is 3. The summed E-state index contributed by atoms with van der Waals surface area (Å²) in [7, 11) is 0. The predicted molar refractivity (Wildman–Crippen MR) is 64.2 cm³/mol. The number of aryl methyl sites for hydroxylation is 1. The second-order valence-corrected chi connectivity index (χ2v) is 4.14. The highest BCUT2D eigenvalue weighted by Crippen LogP contribution is 2.26. The molecule has 0 atom stereocenters. The van der Waals surface area contributed by atoms with E-state index >= 15 is 0 Å². The fourth-order valence-electron chi connectivity index (χ4n) is 1.51. The third kappa shape index (κ3) is 3.94. The Morgan fingerprint density at radius 3 is 2.50 bits per heavy atom. The van der Waals surface area contributed by atoms with Crippen LogP contribution in [0.2, 0.25) is 0 Å². The highest BCUT2D eigenvalue weighted by atomic mass is 19.4. The average Bonchev–Trinajstić information content (AvgIpc) is 2.26. The maximum absolute atomic E-state index is 12.0. The van der Waals surface area contributed by atoms with Gasteiger partial charge in [-0.2, -0.15) is 13.2 Å². The molecule has 0 spiro atoms. The van der Waals surface area contributed by atoms with E-state index in [1.807, 2.05) is 0 Å². The number of benzene rings is 1. The Balaban J connectivity index is 2.74. The lowest BCUT2D eigenvalue weighted by Crippen LogP contribution is -2.17. The smallest absolute Gasteiger partial charge is 0.389 e. The summed E-state index contributed by atoms with van der Waals surface area (Å²) >= 11 is 0. The van der Waals surface area contributed by atoms with E-state index in [-0.39, 0.29) is 0 Å². The van der Waals surface area contributed by atoms with Gasteiger partial charge in [-0.15, -0.1) is 0 Å². The molecule has 0 aliphatic carbocycles. The first-order chi connectivity index (χ1) is 8.20. The topological polar surface area (TPSA) is 55.1 Å². The van der Waals surface area contributed by atoms with E-state index < -0.39 is 24.9 Å². The molecule has 0 bridgehead atoms. The fraction of sp³-hybridized carbons (Fsp3) is 0.417. The van der Waals surface area contributed by atoms with Crippen LogP contribution in [0.15, 0.2) is 12.1 Å². The van der Waals surface area contributed by atoms with Crippen LogP contribution in [0.1, 0.15) is 24.0 Å². The van der Waals surface area contributed by atoms with Crippen LogP contribution in [-0.4, -0.2) is 12.1 Å². The summed E-state index contributed by atoms with van der Waals surface area (Å²) in [5.41, 5.74) is 8.09. The normalized spacial score (nSPS) is 11.4. The first-order valence-corrected chi connectivity index (χ1v) is 5.43. The number of nitrogen functional groups attached to an aromatic ring is 1. The molecule has 1 rings (SSSR count). The molecule has 3 N–H and O–H groups in total. The standard InChI is InChI=1S/C12H15F3N2O/c1-7-3-4-9(16)8(2)11(7)17-10(18)5-6-12(13,14)15/h3-4H,5-6,16H2,1-2H3,(H,17,18). The molecule has 1 aromatic rings. The Bertz CT molecular complexity index is 455. The lowest BCUT2D eigenvalue weighted by atomic mass is 10.1. The zero-order valence-corrected chi connectivity index (χ0v) is 10.2. The van der Waals surface area contributed by atoms with Gasteiger partial charge in [0.05, 0.1) is 6.42 Å². The van der Waals surface area contributed by atoms with Crippen LogP contribution >= 0.6 is 0 Å². The molecule has 0 aliphatic heterocycles. The first kappa shape index (κ1) is 14.3. The summed E-state index contributed by atoms with van der Waals surface area (Å²) in [6.45, 7) is 3.47. The Labute approximate surface area is 103 Å². The average molecular weight is 260 g/mol. The highest BCUT2D eigenvalue weighted by molar-refractivity contribution is 5.93. The van der Waals surface area contributed by atoms with E-state index in [9.17, 15) is 18.0 Å². The molecule has 0 aromatic heterocycles. The van der Waals surface area contributed by atoms with E-state index in [0.29, 0.717) is 16.9 Å². The van der Waals surface area contributed by atoms with Crippen molar-refractivity contribution in [3.05, 3.63) is 23.3 Å². The van der Waals surface area contributed by atoms with Crippen LogP contribution in [0.5, 0.6) is 0 Å². The third-order valence-corrected chi connectivity index (χ3v) is 2.62. The molecule has 3 nitrogen and oxygen atoms in total. The summed E-state index contributed by atoms with van der Waals surface area (Å²) in [5, 5.41) is 2.47. The van der Waals surface area contributed by atoms with Crippen LogP contribution in [0.25, 0.3) is 0 Å². The van der Waals surface area contributed by atoms with Crippen molar-refractivity contribution in [2.24, 2.45) is 0 Å². The molecule has 0 saturated heterocycles. The Morgan fingerprint density at radius 2 is 1.94 bits per heavy atom. The van der Waals surface area contributed by atoms with Crippen LogP contribution in [-0.2, 0) is 4.79 Å². The quantitative estimate of drug-likeness (QED) is 0.820. The van der Waals surface area contributed by atoms with Gasteiger partial charge in [0.2, 0.25) is 5.91 Å². The van der Waals surface area contributed by atoms with E-state index in [2.05, 4.69) is 5.32 Å². The number of amides is 1. The number of carbonyl (C=O) groups is 1. The molecule has 6 heteroatoms. The van der Waals surface area contributed by atoms with Gasteiger partial charge in [0.25, 0.3) is 0 Å². The van der Waals surface area contributed by atoms with Crippen molar-refractivity contribution in [2.75, 3.05) is 11.1 Å². The molecule has 1 aromatic carbocycles. The number of carbonyl (C=O) groups excluding carboxylic acids is 1. The monoisotopic (exact) mass is 260 g/mol. The highest BCUT2D eigenvalue weighted by Gasteiger charge is 2.28. The second kappa shape index (κ2) is 5.29. The number of hydrogen-bond donors (Lipinski definition) is 2. The SMILES string of the molecule is Cc1ccc(N)c(C)c1NC(=O)CCC(F)(F)F. The number of halogens is 3. The van der Waals surface area contributed by atoms with Crippen molar-refractivity contribution in [3.63, 3.8) is 0 Å². The molecule has 18 heavy (non-hydrogen) atoms. The zero-order chi connectivity index (χ0) is 13.9. The lowest BCUT2D eigenvalue weighted by molar-refractivity contribution is -0.142. The minimum atomic E-state index is -4.32. The maximum atomic E-state index is 12.0. The van der Waals surface area contributed by atoms with Crippen LogP contribution in [0, 0.1) is 13.8 Å². The summed E-state index contributed by atoms with van der Waals surface area (Å²) in [5.74, 6) is -0.663. The van der Waals surface area contributed by atoms with Gasteiger partial charge in [-0.1, -0.05) is 6.07 Å². The van der Waals surface area contributed by atoms with Gasteiger partial charge in [0.15, 0.2) is 0 Å². The Morgan fingerprint density at radius 1 is 1.33 bits per heavy atom. The molecular weight excluding hydrogens is 245 g/mol. The number of nitrogens with one attached hydrogen (secondary N) is 1. The van der Waals surface area contributed by atoms with Gasteiger partial charge in [0, 0.05) is 17.8 Å².